The SMILES string of the molecule is CCCCCCCC(=O)O[PH](c1ccccc1)(c1ccccc1)c1ccccc1.[Ni]. The Bertz CT molecular complexity index is 773. The number of unbranched alkanes of at least 4 members (excludes halogenated alkanes) is 4. The smallest absolute Gasteiger partial charge is 0 e. The van der Waals surface area contributed by atoms with E-state index in [4.69, 9.17) is 4.52 Å². The molecule has 0 unspecified atom stereocenters. The van der Waals surface area contributed by atoms with Gasteiger partial charge < -0.3 is 0 Å². The summed E-state index contributed by atoms with van der Waals surface area (Å²) in [5, 5.41) is 3.28. The molecule has 3 rings (SSSR count). The molecule has 0 heterocycles. The maximum atomic E-state index is 13.0. The van der Waals surface area contributed by atoms with E-state index in [1.165, 1.54) is 19.3 Å². The zero-order chi connectivity index (χ0) is 20.4. The molecule has 2 nitrogen and oxygen atoms in total. The van der Waals surface area contributed by atoms with Crippen molar-refractivity contribution in [2.24, 2.45) is 0 Å². The van der Waals surface area contributed by atoms with E-state index in [-0.39, 0.29) is 22.5 Å². The van der Waals surface area contributed by atoms with Crippen LogP contribution in [0.1, 0.15) is 45.4 Å². The van der Waals surface area contributed by atoms with Crippen molar-refractivity contribution in [3.8, 4) is 0 Å². The molecule has 162 valence electrons. The van der Waals surface area contributed by atoms with Crippen LogP contribution in [0.2, 0.25) is 0 Å². The van der Waals surface area contributed by atoms with Gasteiger partial charge in [-0.2, -0.15) is 0 Å². The molecular formula is C26H31NiO2P. The van der Waals surface area contributed by atoms with Crippen LogP contribution in [0.25, 0.3) is 0 Å². The summed E-state index contributed by atoms with van der Waals surface area (Å²) < 4.78 is 6.50. The molecule has 0 N–H and O–H groups in total. The quantitative estimate of drug-likeness (QED) is 0.224. The van der Waals surface area contributed by atoms with Crippen molar-refractivity contribution in [1.29, 1.82) is 0 Å². The Hall–Kier alpha value is -1.95. The predicted molar refractivity (Wildman–Crippen MR) is 126 cm³/mol. The fourth-order valence-electron chi connectivity index (χ4n) is 3.79. The van der Waals surface area contributed by atoms with E-state index in [0.717, 1.165) is 28.8 Å². The zero-order valence-corrected chi connectivity index (χ0v) is 19.5. The van der Waals surface area contributed by atoms with Gasteiger partial charge in [0.1, 0.15) is 0 Å². The predicted octanol–water partition coefficient (Wildman–Crippen LogP) is 5.53. The van der Waals surface area contributed by atoms with Gasteiger partial charge in [0.2, 0.25) is 0 Å². The van der Waals surface area contributed by atoms with Crippen LogP contribution in [0.15, 0.2) is 91.0 Å². The third-order valence-corrected chi connectivity index (χ3v) is 9.27. The van der Waals surface area contributed by atoms with E-state index in [1.807, 2.05) is 54.6 Å². The van der Waals surface area contributed by atoms with Gasteiger partial charge in [-0.3, -0.25) is 0 Å². The number of benzene rings is 3. The molecule has 0 fully saturated rings. The molecular weight excluding hydrogens is 434 g/mol. The summed E-state index contributed by atoms with van der Waals surface area (Å²) in [7, 11) is -2.91. The average molecular weight is 465 g/mol. The Morgan fingerprint density at radius 2 is 1.07 bits per heavy atom. The molecule has 0 aliphatic heterocycles. The molecule has 30 heavy (non-hydrogen) atoms. The van der Waals surface area contributed by atoms with Crippen molar-refractivity contribution in [2.45, 2.75) is 45.4 Å². The van der Waals surface area contributed by atoms with E-state index < -0.39 is 7.49 Å². The first-order valence-electron chi connectivity index (χ1n) is 10.7. The summed E-state index contributed by atoms with van der Waals surface area (Å²) in [4.78, 5) is 13.0. The number of hydrogen-bond donors (Lipinski definition) is 0. The normalized spacial score (nSPS) is 11.4. The molecule has 0 aliphatic rings. The molecule has 0 aromatic heterocycles. The first kappa shape index (κ1) is 24.3. The van der Waals surface area contributed by atoms with E-state index >= 15 is 0 Å². The first-order valence-corrected chi connectivity index (χ1v) is 12.6. The number of hydrogen-bond acceptors (Lipinski definition) is 2. The van der Waals surface area contributed by atoms with Crippen molar-refractivity contribution >= 4 is 29.4 Å². The van der Waals surface area contributed by atoms with Crippen molar-refractivity contribution in [2.75, 3.05) is 0 Å². The van der Waals surface area contributed by atoms with Crippen molar-refractivity contribution in [1.82, 2.24) is 0 Å². The van der Waals surface area contributed by atoms with Crippen molar-refractivity contribution in [3.63, 3.8) is 0 Å². The van der Waals surface area contributed by atoms with Crippen molar-refractivity contribution in [3.05, 3.63) is 91.0 Å². The fraction of sp³-hybridized carbons (Fsp3) is 0.269. The molecule has 3 aromatic rings. The number of carbonyl (C=O) groups excluding carboxylic acids is 1. The standard InChI is InChI=1S/C26H31O2P.Ni/c1-2-3-4-5-15-22-26(27)28-29(23-16-9-6-10-17-23,24-18-11-7-12-19-24)25-20-13-8-14-21-25;/h6-14,16-21,29H,2-5,15,22H2,1H3;. The van der Waals surface area contributed by atoms with Crippen LogP contribution in [0.4, 0.5) is 0 Å². The maximum Gasteiger partial charge on any atom is 0 e. The first-order chi connectivity index (χ1) is 14.3. The van der Waals surface area contributed by atoms with Gasteiger partial charge in [0.05, 0.1) is 0 Å². The Morgan fingerprint density at radius 1 is 0.667 bits per heavy atom. The van der Waals surface area contributed by atoms with Crippen LogP contribution in [-0.4, -0.2) is 5.97 Å². The fourth-order valence-corrected chi connectivity index (χ4v) is 7.57. The summed E-state index contributed by atoms with van der Waals surface area (Å²) in [5.74, 6) is -0.0928. The number of carbonyl (C=O) groups is 1. The van der Waals surface area contributed by atoms with Gasteiger partial charge in [0, 0.05) is 16.5 Å². The van der Waals surface area contributed by atoms with E-state index in [2.05, 4.69) is 43.3 Å². The molecule has 0 saturated heterocycles. The van der Waals surface area contributed by atoms with Gasteiger partial charge in [0.25, 0.3) is 0 Å². The van der Waals surface area contributed by atoms with E-state index in [9.17, 15) is 4.79 Å². The topological polar surface area (TPSA) is 26.3 Å². The maximum absolute atomic E-state index is 13.0. The zero-order valence-electron chi connectivity index (χ0n) is 17.5. The van der Waals surface area contributed by atoms with Gasteiger partial charge in [-0.05, 0) is 0 Å². The van der Waals surface area contributed by atoms with Crippen LogP contribution in [-0.2, 0) is 25.8 Å². The average Bonchev–Trinajstić information content (AvgIpc) is 2.79. The Labute approximate surface area is 191 Å². The summed E-state index contributed by atoms with van der Waals surface area (Å²) in [6.45, 7) is 2.20. The Morgan fingerprint density at radius 3 is 1.47 bits per heavy atom. The van der Waals surface area contributed by atoms with E-state index in [1.54, 1.807) is 0 Å². The molecule has 4 heteroatoms. The molecule has 0 bridgehead atoms. The third kappa shape index (κ3) is 6.04. The van der Waals surface area contributed by atoms with Crippen LogP contribution >= 0.6 is 7.49 Å². The minimum absolute atomic E-state index is 0. The molecule has 0 spiro atoms. The largest absolute Gasteiger partial charge is 0 e. The second-order valence-corrected chi connectivity index (χ2v) is 10.7. The van der Waals surface area contributed by atoms with Crippen LogP contribution in [0.3, 0.4) is 0 Å². The van der Waals surface area contributed by atoms with Gasteiger partial charge in [-0.25, -0.2) is 0 Å². The molecule has 3 aromatic carbocycles. The molecule has 0 radical (unpaired) electrons. The van der Waals surface area contributed by atoms with Gasteiger partial charge in [-0.1, -0.05) is 0 Å². The Balaban J connectivity index is 0.00000320. The van der Waals surface area contributed by atoms with Gasteiger partial charge >= 0.3 is 175 Å². The third-order valence-electron chi connectivity index (χ3n) is 5.29. The summed E-state index contributed by atoms with van der Waals surface area (Å²) in [5.41, 5.74) is 0. The van der Waals surface area contributed by atoms with Crippen molar-refractivity contribution < 1.29 is 25.8 Å². The van der Waals surface area contributed by atoms with E-state index in [0.29, 0.717) is 6.42 Å². The second-order valence-electron chi connectivity index (χ2n) is 7.42. The van der Waals surface area contributed by atoms with Crippen LogP contribution in [0, 0.1) is 0 Å². The second kappa shape index (κ2) is 12.7. The molecule has 0 amide bonds. The summed E-state index contributed by atoms with van der Waals surface area (Å²) in [6, 6.07) is 30.8. The van der Waals surface area contributed by atoms with Gasteiger partial charge in [-0.15, -0.1) is 0 Å². The van der Waals surface area contributed by atoms with Crippen LogP contribution < -0.4 is 15.9 Å². The molecule has 0 saturated carbocycles. The minimum Gasteiger partial charge on any atom is 0 e. The molecule has 0 aliphatic carbocycles. The van der Waals surface area contributed by atoms with Crippen LogP contribution in [0.5, 0.6) is 0 Å². The summed E-state index contributed by atoms with van der Waals surface area (Å²) in [6.07, 6.45) is 6.07. The number of rotatable bonds is 10. The summed E-state index contributed by atoms with van der Waals surface area (Å²) >= 11 is 0. The monoisotopic (exact) mass is 464 g/mol. The van der Waals surface area contributed by atoms with Gasteiger partial charge in [0.15, 0.2) is 0 Å². The Kier molecular flexibility index (Phi) is 10.3. The molecule has 0 atom stereocenters. The minimum atomic E-state index is -2.91.